The fourth-order valence-electron chi connectivity index (χ4n) is 1.80. The number of nitrogens with one attached hydrogen (secondary N) is 2. The minimum absolute atomic E-state index is 0. The molecular weight excluding hydrogens is 268 g/mol. The van der Waals surface area contributed by atoms with Crippen molar-refractivity contribution in [3.8, 4) is 0 Å². The van der Waals surface area contributed by atoms with Crippen molar-refractivity contribution in [2.75, 3.05) is 25.9 Å². The zero-order chi connectivity index (χ0) is 12.3. The van der Waals surface area contributed by atoms with Gasteiger partial charge in [0.25, 0.3) is 5.91 Å². The summed E-state index contributed by atoms with van der Waals surface area (Å²) in [5.74, 6) is 0.647. The van der Waals surface area contributed by atoms with Gasteiger partial charge in [-0.15, -0.1) is 24.2 Å². The average Bonchev–Trinajstić information content (AvgIpc) is 2.27. The summed E-state index contributed by atoms with van der Waals surface area (Å²) in [6.07, 6.45) is 2.02. The van der Waals surface area contributed by atoms with E-state index < -0.39 is 0 Å². The van der Waals surface area contributed by atoms with Crippen LogP contribution in [0.4, 0.5) is 0 Å². The molecule has 1 aromatic carbocycles. The minimum atomic E-state index is 0. The van der Waals surface area contributed by atoms with Gasteiger partial charge in [-0.2, -0.15) is 0 Å². The summed E-state index contributed by atoms with van der Waals surface area (Å²) < 4.78 is 0. The van der Waals surface area contributed by atoms with E-state index in [2.05, 4.69) is 10.6 Å². The largest absolute Gasteiger partial charge is 0.352 e. The molecule has 0 saturated carbocycles. The van der Waals surface area contributed by atoms with E-state index in [-0.39, 0.29) is 18.3 Å². The van der Waals surface area contributed by atoms with Gasteiger partial charge < -0.3 is 10.6 Å². The van der Waals surface area contributed by atoms with Gasteiger partial charge in [0.15, 0.2) is 0 Å². The summed E-state index contributed by atoms with van der Waals surface area (Å²) in [6.45, 7) is 4.78. The first-order valence-electron chi connectivity index (χ1n) is 5.84. The Bertz CT molecular complexity index is 421. The number of carbonyl (C=O) groups is 1. The molecule has 2 rings (SSSR count). The molecule has 1 saturated heterocycles. The topological polar surface area (TPSA) is 41.1 Å². The molecule has 3 nitrogen and oxygen atoms in total. The van der Waals surface area contributed by atoms with Crippen molar-refractivity contribution in [1.82, 2.24) is 10.6 Å². The first-order valence-corrected chi connectivity index (χ1v) is 7.06. The van der Waals surface area contributed by atoms with Crippen molar-refractivity contribution in [2.24, 2.45) is 5.92 Å². The molecule has 0 aromatic heterocycles. The lowest BCUT2D eigenvalue weighted by Gasteiger charge is -2.27. The average molecular weight is 287 g/mol. The van der Waals surface area contributed by atoms with E-state index in [1.54, 1.807) is 11.8 Å². The van der Waals surface area contributed by atoms with Crippen LogP contribution in [0.25, 0.3) is 0 Å². The van der Waals surface area contributed by atoms with E-state index >= 15 is 0 Å². The number of rotatable bonds is 4. The van der Waals surface area contributed by atoms with E-state index in [1.807, 2.05) is 31.4 Å². The summed E-state index contributed by atoms with van der Waals surface area (Å²) in [7, 11) is 0. The minimum Gasteiger partial charge on any atom is -0.352 e. The predicted octanol–water partition coefficient (Wildman–Crippen LogP) is 2.09. The summed E-state index contributed by atoms with van der Waals surface area (Å²) >= 11 is 1.66. The number of hydrogen-bond acceptors (Lipinski definition) is 3. The lowest BCUT2D eigenvalue weighted by atomic mass is 10.0. The second-order valence-corrected chi connectivity index (χ2v) is 5.29. The number of amides is 1. The van der Waals surface area contributed by atoms with Crippen LogP contribution in [0.5, 0.6) is 0 Å². The molecule has 100 valence electrons. The molecule has 2 N–H and O–H groups in total. The van der Waals surface area contributed by atoms with Crippen molar-refractivity contribution in [3.05, 3.63) is 29.3 Å². The molecular formula is C13H19ClN2OS. The van der Waals surface area contributed by atoms with Crippen LogP contribution >= 0.6 is 24.2 Å². The first kappa shape index (κ1) is 15.3. The molecule has 1 amide bonds. The highest BCUT2D eigenvalue weighted by atomic mass is 35.5. The van der Waals surface area contributed by atoms with Crippen molar-refractivity contribution in [1.29, 1.82) is 0 Å². The van der Waals surface area contributed by atoms with Gasteiger partial charge in [0.2, 0.25) is 0 Å². The van der Waals surface area contributed by atoms with Crippen molar-refractivity contribution in [3.63, 3.8) is 0 Å². The van der Waals surface area contributed by atoms with E-state index in [0.717, 1.165) is 35.7 Å². The summed E-state index contributed by atoms with van der Waals surface area (Å²) in [5, 5.41) is 6.20. The predicted molar refractivity (Wildman–Crippen MR) is 78.9 cm³/mol. The Hall–Kier alpha value is -0.710. The molecule has 1 aromatic rings. The molecule has 0 bridgehead atoms. The monoisotopic (exact) mass is 286 g/mol. The Morgan fingerprint density at radius 3 is 2.78 bits per heavy atom. The van der Waals surface area contributed by atoms with Gasteiger partial charge in [0.05, 0.1) is 0 Å². The Morgan fingerprint density at radius 1 is 1.50 bits per heavy atom. The molecule has 18 heavy (non-hydrogen) atoms. The molecule has 1 fully saturated rings. The highest BCUT2D eigenvalue weighted by molar-refractivity contribution is 7.98. The fourth-order valence-corrected chi connectivity index (χ4v) is 2.24. The quantitative estimate of drug-likeness (QED) is 0.833. The number of hydrogen-bond donors (Lipinski definition) is 2. The second-order valence-electron chi connectivity index (χ2n) is 4.42. The van der Waals surface area contributed by atoms with Gasteiger partial charge in [-0.1, -0.05) is 6.07 Å². The second kappa shape index (κ2) is 7.02. The van der Waals surface area contributed by atoms with E-state index in [1.165, 1.54) is 0 Å². The summed E-state index contributed by atoms with van der Waals surface area (Å²) in [6, 6.07) is 6.02. The van der Waals surface area contributed by atoms with Gasteiger partial charge in [-0.3, -0.25) is 4.79 Å². The van der Waals surface area contributed by atoms with Crippen LogP contribution in [0.1, 0.15) is 15.9 Å². The number of thioether (sulfide) groups is 1. The highest BCUT2D eigenvalue weighted by Gasteiger charge is 2.18. The molecule has 0 atom stereocenters. The normalized spacial score (nSPS) is 14.6. The van der Waals surface area contributed by atoms with E-state index in [0.29, 0.717) is 5.92 Å². The molecule has 0 aliphatic carbocycles. The number of aryl methyl sites for hydroxylation is 1. The van der Waals surface area contributed by atoms with Gasteiger partial charge in [0, 0.05) is 36.0 Å². The Balaban J connectivity index is 0.00000162. The zero-order valence-corrected chi connectivity index (χ0v) is 12.3. The van der Waals surface area contributed by atoms with Crippen LogP contribution in [-0.4, -0.2) is 31.8 Å². The molecule has 1 aliphatic heterocycles. The molecule has 0 radical (unpaired) electrons. The highest BCUT2D eigenvalue weighted by Crippen LogP contribution is 2.19. The lowest BCUT2D eigenvalue weighted by Crippen LogP contribution is -2.48. The fraction of sp³-hybridized carbons (Fsp3) is 0.462. The molecule has 1 heterocycles. The van der Waals surface area contributed by atoms with E-state index in [9.17, 15) is 4.79 Å². The number of carbonyl (C=O) groups excluding carboxylic acids is 1. The standard InChI is InChI=1S/C13H18N2OS.ClH/c1-9-3-4-11(17-2)5-12(9)13(16)15-8-10-6-14-7-10;/h3-5,10,14H,6-8H2,1-2H3,(H,15,16);1H. The van der Waals surface area contributed by atoms with Crippen molar-refractivity contribution < 1.29 is 4.79 Å². The third-order valence-corrected chi connectivity index (χ3v) is 3.83. The maximum Gasteiger partial charge on any atom is 0.251 e. The van der Waals surface area contributed by atoms with Crippen molar-refractivity contribution >= 4 is 30.1 Å². The number of benzene rings is 1. The Labute approximate surface area is 119 Å². The SMILES string of the molecule is CSc1ccc(C)c(C(=O)NCC2CNC2)c1.Cl. The maximum atomic E-state index is 12.0. The Kier molecular flexibility index (Phi) is 5.99. The van der Waals surface area contributed by atoms with Gasteiger partial charge in [0.1, 0.15) is 0 Å². The van der Waals surface area contributed by atoms with Gasteiger partial charge in [-0.25, -0.2) is 0 Å². The number of halogens is 1. The van der Waals surface area contributed by atoms with Gasteiger partial charge >= 0.3 is 0 Å². The zero-order valence-electron chi connectivity index (χ0n) is 10.7. The lowest BCUT2D eigenvalue weighted by molar-refractivity contribution is 0.0941. The molecule has 1 aliphatic rings. The Morgan fingerprint density at radius 2 is 2.22 bits per heavy atom. The third-order valence-electron chi connectivity index (χ3n) is 3.11. The van der Waals surface area contributed by atoms with Crippen molar-refractivity contribution in [2.45, 2.75) is 11.8 Å². The van der Waals surface area contributed by atoms with Crippen LogP contribution in [0.15, 0.2) is 23.1 Å². The van der Waals surface area contributed by atoms with Crippen LogP contribution in [0.3, 0.4) is 0 Å². The first-order chi connectivity index (χ1) is 8.20. The molecule has 0 spiro atoms. The maximum absolute atomic E-state index is 12.0. The summed E-state index contributed by atoms with van der Waals surface area (Å²) in [4.78, 5) is 13.2. The van der Waals surface area contributed by atoms with Gasteiger partial charge in [-0.05, 0) is 30.9 Å². The van der Waals surface area contributed by atoms with Crippen LogP contribution in [-0.2, 0) is 0 Å². The third kappa shape index (κ3) is 3.64. The smallest absolute Gasteiger partial charge is 0.251 e. The van der Waals surface area contributed by atoms with Crippen LogP contribution in [0.2, 0.25) is 0 Å². The van der Waals surface area contributed by atoms with Crippen LogP contribution < -0.4 is 10.6 Å². The van der Waals surface area contributed by atoms with E-state index in [4.69, 9.17) is 0 Å². The molecule has 0 unspecified atom stereocenters. The molecule has 5 heteroatoms. The van der Waals surface area contributed by atoms with Crippen LogP contribution in [0, 0.1) is 12.8 Å². The summed E-state index contributed by atoms with van der Waals surface area (Å²) in [5.41, 5.74) is 1.83.